The van der Waals surface area contributed by atoms with Gasteiger partial charge in [-0.05, 0) is 19.8 Å². The van der Waals surface area contributed by atoms with Gasteiger partial charge < -0.3 is 10.2 Å². The van der Waals surface area contributed by atoms with Gasteiger partial charge in [0.2, 0.25) is 0 Å². The third-order valence-corrected chi connectivity index (χ3v) is 3.97. The van der Waals surface area contributed by atoms with Crippen molar-refractivity contribution in [2.45, 2.75) is 103 Å². The predicted octanol–water partition coefficient (Wildman–Crippen LogP) is 4.82. The first-order chi connectivity index (χ1) is 9.12. The van der Waals surface area contributed by atoms with Gasteiger partial charge in [0.25, 0.3) is 0 Å². The minimum absolute atomic E-state index is 0.0883. The minimum atomic E-state index is -0.659. The lowest BCUT2D eigenvalue weighted by Crippen LogP contribution is -2.25. The van der Waals surface area contributed by atoms with E-state index in [4.69, 9.17) is 5.11 Å². The topological polar surface area (TPSA) is 40.5 Å². The fourth-order valence-corrected chi connectivity index (χ4v) is 2.54. The van der Waals surface area contributed by atoms with Crippen LogP contribution in [0.4, 0.5) is 0 Å². The second kappa shape index (κ2) is 12.9. The summed E-state index contributed by atoms with van der Waals surface area (Å²) in [5.41, 5.74) is -0.659. The highest BCUT2D eigenvalue weighted by molar-refractivity contribution is 4.71. The van der Waals surface area contributed by atoms with Crippen molar-refractivity contribution < 1.29 is 10.2 Å². The molecule has 0 aliphatic carbocycles. The molecule has 0 amide bonds. The van der Waals surface area contributed by atoms with E-state index in [0.717, 1.165) is 12.8 Å². The normalized spacial score (nSPS) is 14.5. The number of hydrogen-bond donors (Lipinski definition) is 2. The number of unbranched alkanes of at least 4 members (excludes halogenated alkanes) is 10. The van der Waals surface area contributed by atoms with Crippen LogP contribution in [0.5, 0.6) is 0 Å². The summed E-state index contributed by atoms with van der Waals surface area (Å²) in [6.07, 6.45) is 16.0. The van der Waals surface area contributed by atoms with Crippen molar-refractivity contribution in [1.29, 1.82) is 0 Å². The van der Waals surface area contributed by atoms with Crippen molar-refractivity contribution in [1.82, 2.24) is 0 Å². The Morgan fingerprint density at radius 3 is 1.53 bits per heavy atom. The van der Waals surface area contributed by atoms with Gasteiger partial charge in [0, 0.05) is 6.61 Å². The first-order valence-corrected chi connectivity index (χ1v) is 8.45. The summed E-state index contributed by atoms with van der Waals surface area (Å²) in [7, 11) is 0. The minimum Gasteiger partial charge on any atom is -0.396 e. The van der Waals surface area contributed by atoms with Crippen molar-refractivity contribution in [2.24, 2.45) is 0 Å². The molecule has 0 fully saturated rings. The molecular formula is C17H36O2. The third kappa shape index (κ3) is 14.1. The van der Waals surface area contributed by atoms with Crippen LogP contribution in [0.1, 0.15) is 97.3 Å². The van der Waals surface area contributed by atoms with Gasteiger partial charge in [0.15, 0.2) is 0 Å². The van der Waals surface area contributed by atoms with Gasteiger partial charge >= 0.3 is 0 Å². The standard InChI is InChI=1S/C17H36O2/c1-3-4-5-6-7-8-9-10-11-12-13-14-17(2,19)15-16-18/h18-19H,3-16H2,1-2H3. The Bertz CT molecular complexity index is 178. The Morgan fingerprint density at radius 1 is 0.684 bits per heavy atom. The zero-order valence-electron chi connectivity index (χ0n) is 13.3. The molecule has 0 aliphatic heterocycles. The molecule has 0 aromatic carbocycles. The molecule has 0 aliphatic rings. The molecule has 0 heterocycles. The molecule has 0 aromatic heterocycles. The average Bonchev–Trinajstić information content (AvgIpc) is 2.36. The van der Waals surface area contributed by atoms with Crippen LogP contribution in [-0.4, -0.2) is 22.4 Å². The van der Waals surface area contributed by atoms with Crippen LogP contribution in [0.15, 0.2) is 0 Å². The first-order valence-electron chi connectivity index (χ1n) is 8.45. The number of aliphatic hydroxyl groups is 2. The van der Waals surface area contributed by atoms with Crippen LogP contribution in [0.25, 0.3) is 0 Å². The van der Waals surface area contributed by atoms with Crippen LogP contribution in [0.2, 0.25) is 0 Å². The highest BCUT2D eigenvalue weighted by Crippen LogP contribution is 2.19. The van der Waals surface area contributed by atoms with E-state index in [2.05, 4.69) is 6.92 Å². The lowest BCUT2D eigenvalue weighted by atomic mass is 9.94. The lowest BCUT2D eigenvalue weighted by molar-refractivity contribution is 0.0232. The summed E-state index contributed by atoms with van der Waals surface area (Å²) >= 11 is 0. The molecule has 2 N–H and O–H groups in total. The van der Waals surface area contributed by atoms with E-state index in [0.29, 0.717) is 6.42 Å². The second-order valence-corrected chi connectivity index (χ2v) is 6.26. The lowest BCUT2D eigenvalue weighted by Gasteiger charge is -2.21. The maximum Gasteiger partial charge on any atom is 0.0641 e. The molecule has 19 heavy (non-hydrogen) atoms. The van der Waals surface area contributed by atoms with Gasteiger partial charge in [-0.1, -0.05) is 77.6 Å². The fourth-order valence-electron chi connectivity index (χ4n) is 2.54. The maximum atomic E-state index is 9.90. The number of rotatable bonds is 14. The Hall–Kier alpha value is -0.0800. The monoisotopic (exact) mass is 272 g/mol. The fraction of sp³-hybridized carbons (Fsp3) is 1.00. The van der Waals surface area contributed by atoms with E-state index in [-0.39, 0.29) is 6.61 Å². The van der Waals surface area contributed by atoms with E-state index in [9.17, 15) is 5.11 Å². The van der Waals surface area contributed by atoms with E-state index < -0.39 is 5.60 Å². The summed E-state index contributed by atoms with van der Waals surface area (Å²) in [4.78, 5) is 0. The molecule has 0 spiro atoms. The Balaban J connectivity index is 3.14. The van der Waals surface area contributed by atoms with Gasteiger partial charge in [0.1, 0.15) is 0 Å². The molecule has 1 unspecified atom stereocenters. The molecule has 1 atom stereocenters. The molecule has 0 saturated heterocycles. The van der Waals surface area contributed by atoms with E-state index >= 15 is 0 Å². The number of hydrogen-bond acceptors (Lipinski definition) is 2. The molecule has 116 valence electrons. The summed E-state index contributed by atoms with van der Waals surface area (Å²) in [5, 5.41) is 18.7. The second-order valence-electron chi connectivity index (χ2n) is 6.26. The van der Waals surface area contributed by atoms with Crippen LogP contribution < -0.4 is 0 Å². The molecule has 0 saturated carbocycles. The van der Waals surface area contributed by atoms with Gasteiger partial charge in [-0.15, -0.1) is 0 Å². The quantitative estimate of drug-likeness (QED) is 0.445. The summed E-state index contributed by atoms with van der Waals surface area (Å²) < 4.78 is 0. The third-order valence-electron chi connectivity index (χ3n) is 3.97. The average molecular weight is 272 g/mol. The highest BCUT2D eigenvalue weighted by Gasteiger charge is 2.18. The van der Waals surface area contributed by atoms with Crippen molar-refractivity contribution in [3.63, 3.8) is 0 Å². The largest absolute Gasteiger partial charge is 0.396 e. The number of aliphatic hydroxyl groups excluding tert-OH is 1. The summed E-state index contributed by atoms with van der Waals surface area (Å²) in [6, 6.07) is 0. The van der Waals surface area contributed by atoms with Gasteiger partial charge in [-0.2, -0.15) is 0 Å². The SMILES string of the molecule is CCCCCCCCCCCCCC(C)(O)CCO. The zero-order valence-corrected chi connectivity index (χ0v) is 13.3. The van der Waals surface area contributed by atoms with Crippen LogP contribution in [0, 0.1) is 0 Å². The predicted molar refractivity (Wildman–Crippen MR) is 83.4 cm³/mol. The van der Waals surface area contributed by atoms with E-state index in [1.54, 1.807) is 0 Å². The van der Waals surface area contributed by atoms with Crippen molar-refractivity contribution in [2.75, 3.05) is 6.61 Å². The maximum absolute atomic E-state index is 9.90. The zero-order chi connectivity index (χ0) is 14.4. The molecule has 0 rings (SSSR count). The first kappa shape index (κ1) is 18.9. The van der Waals surface area contributed by atoms with E-state index in [1.165, 1.54) is 64.2 Å². The van der Waals surface area contributed by atoms with Crippen molar-refractivity contribution >= 4 is 0 Å². The highest BCUT2D eigenvalue weighted by atomic mass is 16.3. The molecule has 2 nitrogen and oxygen atoms in total. The Kier molecular flexibility index (Phi) is 12.9. The molecule has 0 radical (unpaired) electrons. The van der Waals surface area contributed by atoms with E-state index in [1.807, 2.05) is 6.92 Å². The Labute approximate surface area is 120 Å². The van der Waals surface area contributed by atoms with Gasteiger partial charge in [-0.25, -0.2) is 0 Å². The smallest absolute Gasteiger partial charge is 0.0641 e. The summed E-state index contributed by atoms with van der Waals surface area (Å²) in [5.74, 6) is 0. The van der Waals surface area contributed by atoms with Crippen LogP contribution in [-0.2, 0) is 0 Å². The molecular weight excluding hydrogens is 236 g/mol. The Morgan fingerprint density at radius 2 is 1.11 bits per heavy atom. The van der Waals surface area contributed by atoms with Crippen molar-refractivity contribution in [3.05, 3.63) is 0 Å². The van der Waals surface area contributed by atoms with Crippen LogP contribution in [0.3, 0.4) is 0 Å². The molecule has 0 bridgehead atoms. The van der Waals surface area contributed by atoms with Crippen molar-refractivity contribution in [3.8, 4) is 0 Å². The molecule has 0 aromatic rings. The van der Waals surface area contributed by atoms with Gasteiger partial charge in [0.05, 0.1) is 5.60 Å². The van der Waals surface area contributed by atoms with Crippen LogP contribution >= 0.6 is 0 Å². The summed E-state index contributed by atoms with van der Waals surface area (Å²) in [6.45, 7) is 4.18. The molecule has 2 heteroatoms. The van der Waals surface area contributed by atoms with Gasteiger partial charge in [-0.3, -0.25) is 0 Å².